The number of nitrogens with zero attached hydrogens (tertiary/aromatic N) is 1. The van der Waals surface area contributed by atoms with E-state index in [4.69, 9.17) is 23.2 Å². The van der Waals surface area contributed by atoms with Crippen molar-refractivity contribution < 1.29 is 14.0 Å². The van der Waals surface area contributed by atoms with Crippen LogP contribution in [-0.4, -0.2) is 34.6 Å². The second-order valence-electron chi connectivity index (χ2n) is 9.93. The maximum absolute atomic E-state index is 13.8. The fourth-order valence-corrected chi connectivity index (χ4v) is 6.19. The molecule has 3 aromatic carbocycles. The number of hydrogen-bond acceptors (Lipinski definition) is 3. The number of nitrogens with one attached hydrogen (secondary N) is 1. The Morgan fingerprint density at radius 1 is 0.949 bits per heavy atom. The van der Waals surface area contributed by atoms with Crippen LogP contribution in [0.5, 0.6) is 0 Å². The third kappa shape index (κ3) is 8.99. The lowest BCUT2D eigenvalue weighted by molar-refractivity contribution is -0.139. The van der Waals surface area contributed by atoms with Gasteiger partial charge in [0.25, 0.3) is 0 Å². The van der Waals surface area contributed by atoms with Crippen molar-refractivity contribution >= 4 is 46.8 Å². The molecule has 1 aliphatic rings. The SMILES string of the molecule is O=C(NC1CCCCC1)[C@H](Cc1ccccc1)N(Cc1ccc(Cl)cc1Cl)C(=O)CSCc1ccc(F)cc1. The molecule has 0 aliphatic heterocycles. The molecule has 2 amide bonds. The first-order valence-electron chi connectivity index (χ1n) is 13.3. The first-order chi connectivity index (χ1) is 18.9. The normalized spacial score (nSPS) is 14.5. The number of carbonyl (C=O) groups excluding carboxylic acids is 2. The van der Waals surface area contributed by atoms with Crippen LogP contribution in [0.3, 0.4) is 0 Å². The van der Waals surface area contributed by atoms with E-state index < -0.39 is 6.04 Å². The summed E-state index contributed by atoms with van der Waals surface area (Å²) in [5.41, 5.74) is 2.62. The maximum atomic E-state index is 13.8. The predicted molar refractivity (Wildman–Crippen MR) is 159 cm³/mol. The van der Waals surface area contributed by atoms with Crippen molar-refractivity contribution in [3.63, 3.8) is 0 Å². The molecule has 1 N–H and O–H groups in total. The molecule has 0 radical (unpaired) electrons. The number of carbonyl (C=O) groups is 2. The summed E-state index contributed by atoms with van der Waals surface area (Å²) in [4.78, 5) is 29.3. The third-order valence-corrected chi connectivity index (χ3v) is 8.56. The zero-order valence-electron chi connectivity index (χ0n) is 21.8. The quantitative estimate of drug-likeness (QED) is 0.254. The van der Waals surface area contributed by atoms with Crippen LogP contribution in [0.25, 0.3) is 0 Å². The predicted octanol–water partition coefficient (Wildman–Crippen LogP) is 7.45. The smallest absolute Gasteiger partial charge is 0.243 e. The molecule has 206 valence electrons. The molecule has 0 aromatic heterocycles. The molecule has 0 heterocycles. The lowest BCUT2D eigenvalue weighted by Crippen LogP contribution is -2.53. The largest absolute Gasteiger partial charge is 0.352 e. The van der Waals surface area contributed by atoms with Crippen LogP contribution in [0.1, 0.15) is 48.8 Å². The van der Waals surface area contributed by atoms with E-state index in [0.29, 0.717) is 22.2 Å². The van der Waals surface area contributed by atoms with E-state index in [9.17, 15) is 14.0 Å². The van der Waals surface area contributed by atoms with Crippen LogP contribution in [0, 0.1) is 5.82 Å². The van der Waals surface area contributed by atoms with Crippen molar-refractivity contribution in [1.82, 2.24) is 10.2 Å². The van der Waals surface area contributed by atoms with Crippen LogP contribution >= 0.6 is 35.0 Å². The standard InChI is InChI=1S/C31H33Cl2FN2O2S/c32-25-14-13-24(28(33)18-25)19-36(30(37)21-39-20-23-11-15-26(34)16-12-23)29(17-22-7-3-1-4-8-22)31(38)35-27-9-5-2-6-10-27/h1,3-4,7-8,11-16,18,27,29H,2,5-6,9-10,17,19-21H2,(H,35,38)/t29-/m0/s1. The maximum Gasteiger partial charge on any atom is 0.243 e. The van der Waals surface area contributed by atoms with Crippen LogP contribution in [-0.2, 0) is 28.3 Å². The molecule has 3 aromatic rings. The summed E-state index contributed by atoms with van der Waals surface area (Å²) in [6.45, 7) is 0.182. The minimum atomic E-state index is -0.708. The summed E-state index contributed by atoms with van der Waals surface area (Å²) in [6, 6.07) is 20.6. The van der Waals surface area contributed by atoms with Gasteiger partial charge in [-0.1, -0.05) is 91.0 Å². The molecular formula is C31H33Cl2FN2O2S. The fraction of sp³-hybridized carbons (Fsp3) is 0.355. The van der Waals surface area contributed by atoms with E-state index in [1.807, 2.05) is 30.3 Å². The molecule has 8 heteroatoms. The first kappa shape index (κ1) is 29.4. The summed E-state index contributed by atoms with van der Waals surface area (Å²) in [7, 11) is 0. The highest BCUT2D eigenvalue weighted by atomic mass is 35.5. The summed E-state index contributed by atoms with van der Waals surface area (Å²) in [6.07, 6.45) is 5.67. The van der Waals surface area contributed by atoms with Crippen molar-refractivity contribution in [3.05, 3.63) is 105 Å². The Morgan fingerprint density at radius 2 is 1.67 bits per heavy atom. The van der Waals surface area contributed by atoms with Crippen molar-refractivity contribution in [2.24, 2.45) is 0 Å². The van der Waals surface area contributed by atoms with Gasteiger partial charge in [0.05, 0.1) is 5.75 Å². The van der Waals surface area contributed by atoms with Crippen LogP contribution in [0.4, 0.5) is 4.39 Å². The topological polar surface area (TPSA) is 49.4 Å². The molecule has 1 aliphatic carbocycles. The van der Waals surface area contributed by atoms with E-state index in [1.165, 1.54) is 30.3 Å². The minimum Gasteiger partial charge on any atom is -0.352 e. The molecule has 4 rings (SSSR count). The Labute approximate surface area is 244 Å². The molecule has 1 fully saturated rings. The van der Waals surface area contributed by atoms with Gasteiger partial charge in [-0.15, -0.1) is 11.8 Å². The number of halogens is 3. The summed E-state index contributed by atoms with van der Waals surface area (Å²) >= 11 is 14.1. The zero-order chi connectivity index (χ0) is 27.6. The summed E-state index contributed by atoms with van der Waals surface area (Å²) in [5, 5.41) is 4.20. The molecule has 0 saturated heterocycles. The number of hydrogen-bond donors (Lipinski definition) is 1. The van der Waals surface area contributed by atoms with Gasteiger partial charge >= 0.3 is 0 Å². The lowest BCUT2D eigenvalue weighted by Gasteiger charge is -2.33. The van der Waals surface area contributed by atoms with Gasteiger partial charge in [-0.2, -0.15) is 0 Å². The Morgan fingerprint density at radius 3 is 2.36 bits per heavy atom. The summed E-state index contributed by atoms with van der Waals surface area (Å²) in [5.74, 6) is 0.128. The highest BCUT2D eigenvalue weighted by Crippen LogP contribution is 2.26. The fourth-order valence-electron chi connectivity index (χ4n) is 4.85. The Balaban J connectivity index is 1.58. The molecule has 0 spiro atoms. The number of rotatable bonds is 11. The molecular weight excluding hydrogens is 554 g/mol. The third-order valence-electron chi connectivity index (χ3n) is 6.99. The number of amides is 2. The second kappa shape index (κ2) is 14.7. The van der Waals surface area contributed by atoms with Gasteiger partial charge < -0.3 is 10.2 Å². The van der Waals surface area contributed by atoms with Crippen molar-refractivity contribution in [1.29, 1.82) is 0 Å². The Hall–Kier alpha value is -2.54. The van der Waals surface area contributed by atoms with Gasteiger partial charge in [0.15, 0.2) is 0 Å². The van der Waals surface area contributed by atoms with Crippen molar-refractivity contribution in [3.8, 4) is 0 Å². The average Bonchev–Trinajstić information content (AvgIpc) is 2.94. The highest BCUT2D eigenvalue weighted by molar-refractivity contribution is 7.99. The molecule has 4 nitrogen and oxygen atoms in total. The monoisotopic (exact) mass is 586 g/mol. The van der Waals surface area contributed by atoms with Gasteiger partial charge in [0.1, 0.15) is 11.9 Å². The van der Waals surface area contributed by atoms with E-state index in [-0.39, 0.29) is 36.0 Å². The van der Waals surface area contributed by atoms with Gasteiger partial charge in [-0.25, -0.2) is 4.39 Å². The molecule has 39 heavy (non-hydrogen) atoms. The first-order valence-corrected chi connectivity index (χ1v) is 15.2. The van der Waals surface area contributed by atoms with Gasteiger partial charge in [-0.3, -0.25) is 9.59 Å². The van der Waals surface area contributed by atoms with Crippen molar-refractivity contribution in [2.45, 2.75) is 62.9 Å². The lowest BCUT2D eigenvalue weighted by atomic mass is 9.94. The molecule has 0 unspecified atom stereocenters. The highest BCUT2D eigenvalue weighted by Gasteiger charge is 2.32. The Bertz CT molecular complexity index is 1240. The van der Waals surface area contributed by atoms with Gasteiger partial charge in [0, 0.05) is 34.8 Å². The zero-order valence-corrected chi connectivity index (χ0v) is 24.1. The van der Waals surface area contributed by atoms with E-state index in [2.05, 4.69) is 5.32 Å². The van der Waals surface area contributed by atoms with Crippen LogP contribution < -0.4 is 5.32 Å². The molecule has 1 saturated carbocycles. The van der Waals surface area contributed by atoms with E-state index in [1.54, 1.807) is 35.2 Å². The second-order valence-corrected chi connectivity index (χ2v) is 11.8. The number of thioether (sulfide) groups is 1. The molecule has 0 bridgehead atoms. The van der Waals surface area contributed by atoms with E-state index in [0.717, 1.165) is 42.4 Å². The van der Waals surface area contributed by atoms with Crippen LogP contribution in [0.2, 0.25) is 10.0 Å². The van der Waals surface area contributed by atoms with Gasteiger partial charge in [0.2, 0.25) is 11.8 Å². The number of benzene rings is 3. The average molecular weight is 588 g/mol. The van der Waals surface area contributed by atoms with Crippen LogP contribution in [0.15, 0.2) is 72.8 Å². The Kier molecular flexibility index (Phi) is 11.1. The van der Waals surface area contributed by atoms with Gasteiger partial charge in [-0.05, 0) is 53.8 Å². The van der Waals surface area contributed by atoms with E-state index >= 15 is 0 Å². The molecule has 1 atom stereocenters. The summed E-state index contributed by atoms with van der Waals surface area (Å²) < 4.78 is 13.3. The van der Waals surface area contributed by atoms with Crippen molar-refractivity contribution in [2.75, 3.05) is 5.75 Å². The minimum absolute atomic E-state index is 0.119.